The Morgan fingerprint density at radius 2 is 1.56 bits per heavy atom. The van der Waals surface area contributed by atoms with Gasteiger partial charge in [0.05, 0.1) is 29.7 Å². The van der Waals surface area contributed by atoms with E-state index in [4.69, 9.17) is 11.6 Å². The van der Waals surface area contributed by atoms with Crippen molar-refractivity contribution in [2.75, 3.05) is 31.1 Å². The predicted octanol–water partition coefficient (Wildman–Crippen LogP) is 4.21. The van der Waals surface area contributed by atoms with Gasteiger partial charge in [-0.05, 0) is 18.2 Å². The number of carbonyl (C=O) groups is 2. The maximum Gasteiger partial charge on any atom is 0.209 e. The van der Waals surface area contributed by atoms with Gasteiger partial charge in [0.1, 0.15) is 5.82 Å². The van der Waals surface area contributed by atoms with Crippen LogP contribution in [0.4, 0.5) is 11.4 Å². The zero-order valence-corrected chi connectivity index (χ0v) is 18.4. The summed E-state index contributed by atoms with van der Waals surface area (Å²) in [6, 6.07) is 18.2. The lowest BCUT2D eigenvalue weighted by atomic mass is 9.83. The van der Waals surface area contributed by atoms with Crippen LogP contribution in [0.15, 0.2) is 60.7 Å². The van der Waals surface area contributed by atoms with E-state index in [1.54, 1.807) is 30.3 Å². The standard InChI is InChI=1S/C27H21N5O2/c1-28-20-8-4-5-9-22(20)32-14-12-31(13-15-32)16-23-29-21-11-10-19-24(25(21)30-23)27(34)18-7-3-2-6-17(18)26(19)33/h2-11H,12-16H2,(H,29,30). The Labute approximate surface area is 196 Å². The van der Waals surface area contributed by atoms with Gasteiger partial charge in [-0.3, -0.25) is 14.5 Å². The summed E-state index contributed by atoms with van der Waals surface area (Å²) in [6.07, 6.45) is 0. The minimum absolute atomic E-state index is 0.126. The van der Waals surface area contributed by atoms with Crippen LogP contribution in [0.5, 0.6) is 0 Å². The quantitative estimate of drug-likeness (QED) is 0.420. The van der Waals surface area contributed by atoms with Gasteiger partial charge in [-0.25, -0.2) is 9.83 Å². The Kier molecular flexibility index (Phi) is 4.75. The van der Waals surface area contributed by atoms with E-state index in [9.17, 15) is 9.59 Å². The number of benzene rings is 3. The molecule has 0 unspecified atom stereocenters. The lowest BCUT2D eigenvalue weighted by Gasteiger charge is -2.36. The summed E-state index contributed by atoms with van der Waals surface area (Å²) in [5.74, 6) is 0.509. The van der Waals surface area contributed by atoms with Crippen molar-refractivity contribution >= 4 is 34.0 Å². The number of imidazole rings is 1. The zero-order chi connectivity index (χ0) is 23.2. The molecule has 0 amide bonds. The average Bonchev–Trinajstić information content (AvgIpc) is 3.30. The number of carbonyl (C=O) groups excluding carboxylic acids is 2. The van der Waals surface area contributed by atoms with Crippen molar-refractivity contribution in [3.63, 3.8) is 0 Å². The minimum atomic E-state index is -0.141. The highest BCUT2D eigenvalue weighted by molar-refractivity contribution is 6.31. The van der Waals surface area contributed by atoms with Crippen LogP contribution in [0.2, 0.25) is 0 Å². The molecule has 1 aliphatic carbocycles. The van der Waals surface area contributed by atoms with Crippen LogP contribution < -0.4 is 4.90 Å². The third kappa shape index (κ3) is 3.19. The van der Waals surface area contributed by atoms with Crippen LogP contribution >= 0.6 is 0 Å². The number of H-pyrrole nitrogens is 1. The summed E-state index contributed by atoms with van der Waals surface area (Å²) in [5, 5.41) is 0. The molecule has 0 saturated carbocycles. The molecule has 34 heavy (non-hydrogen) atoms. The number of rotatable bonds is 3. The van der Waals surface area contributed by atoms with Crippen LogP contribution in [-0.2, 0) is 6.54 Å². The predicted molar refractivity (Wildman–Crippen MR) is 130 cm³/mol. The molecule has 2 aliphatic rings. The highest BCUT2D eigenvalue weighted by atomic mass is 16.1. The first kappa shape index (κ1) is 20.3. The third-order valence-electron chi connectivity index (χ3n) is 6.68. The molecule has 0 spiro atoms. The Hall–Kier alpha value is -4.28. The number of aromatic amines is 1. The smallest absolute Gasteiger partial charge is 0.209 e. The van der Waals surface area contributed by atoms with Crippen molar-refractivity contribution < 1.29 is 9.59 Å². The molecular weight excluding hydrogens is 426 g/mol. The normalized spacial score (nSPS) is 15.8. The second-order valence-electron chi connectivity index (χ2n) is 8.63. The fourth-order valence-electron chi connectivity index (χ4n) is 4.97. The summed E-state index contributed by atoms with van der Waals surface area (Å²) in [4.78, 5) is 42.5. The van der Waals surface area contributed by atoms with Crippen LogP contribution in [0.3, 0.4) is 0 Å². The lowest BCUT2D eigenvalue weighted by molar-refractivity contribution is 0.0980. The van der Waals surface area contributed by atoms with E-state index in [1.807, 2.05) is 30.3 Å². The van der Waals surface area contributed by atoms with E-state index in [-0.39, 0.29) is 11.6 Å². The van der Waals surface area contributed by atoms with Crippen LogP contribution in [-0.4, -0.2) is 52.6 Å². The number of aromatic nitrogens is 2. The first-order valence-electron chi connectivity index (χ1n) is 11.3. The summed E-state index contributed by atoms with van der Waals surface area (Å²) in [6.45, 7) is 11.4. The Bertz CT molecular complexity index is 1510. The third-order valence-corrected chi connectivity index (χ3v) is 6.68. The number of anilines is 1. The Morgan fingerprint density at radius 3 is 2.32 bits per heavy atom. The maximum absolute atomic E-state index is 13.3. The molecule has 7 nitrogen and oxygen atoms in total. The molecule has 166 valence electrons. The molecule has 1 aliphatic heterocycles. The monoisotopic (exact) mass is 447 g/mol. The molecule has 0 bridgehead atoms. The largest absolute Gasteiger partial charge is 0.378 e. The van der Waals surface area contributed by atoms with Gasteiger partial charge in [0.25, 0.3) is 0 Å². The minimum Gasteiger partial charge on any atom is -0.378 e. The van der Waals surface area contributed by atoms with Crippen molar-refractivity contribution in [2.24, 2.45) is 0 Å². The number of para-hydroxylation sites is 2. The highest BCUT2D eigenvalue weighted by Crippen LogP contribution is 2.32. The molecule has 7 heteroatoms. The molecule has 1 saturated heterocycles. The van der Waals surface area contributed by atoms with Gasteiger partial charge >= 0.3 is 0 Å². The number of nitrogens with zero attached hydrogens (tertiary/aromatic N) is 4. The van der Waals surface area contributed by atoms with Gasteiger partial charge < -0.3 is 9.88 Å². The van der Waals surface area contributed by atoms with Crippen LogP contribution in [0.25, 0.3) is 15.9 Å². The van der Waals surface area contributed by atoms with Crippen molar-refractivity contribution in [3.8, 4) is 0 Å². The Balaban J connectivity index is 1.24. The fourth-order valence-corrected chi connectivity index (χ4v) is 4.97. The van der Waals surface area contributed by atoms with Crippen molar-refractivity contribution in [3.05, 3.63) is 100 Å². The Morgan fingerprint density at radius 1 is 0.853 bits per heavy atom. The summed E-state index contributed by atoms with van der Waals surface area (Å²) < 4.78 is 0. The fraction of sp³-hybridized carbons (Fsp3) is 0.185. The SMILES string of the molecule is [C-]#[N+]c1ccccc1N1CCN(Cc2nc3ccc4c(c3[nH]2)C(=O)c2ccccc2C4=O)CC1. The molecule has 2 heterocycles. The van der Waals surface area contributed by atoms with E-state index in [0.717, 1.165) is 37.7 Å². The molecular formula is C27H21N5O2. The second-order valence-corrected chi connectivity index (χ2v) is 8.63. The summed E-state index contributed by atoms with van der Waals surface area (Å²) in [5.41, 5.74) is 4.73. The van der Waals surface area contributed by atoms with Crippen LogP contribution in [0, 0.1) is 6.57 Å². The molecule has 6 rings (SSSR count). The van der Waals surface area contributed by atoms with E-state index in [2.05, 4.69) is 19.6 Å². The molecule has 1 aromatic heterocycles. The second kappa shape index (κ2) is 7.94. The highest BCUT2D eigenvalue weighted by Gasteiger charge is 2.32. The number of hydrogen-bond acceptors (Lipinski definition) is 5. The summed E-state index contributed by atoms with van der Waals surface area (Å²) >= 11 is 0. The molecule has 0 atom stereocenters. The van der Waals surface area contributed by atoms with E-state index in [1.165, 1.54) is 0 Å². The summed E-state index contributed by atoms with van der Waals surface area (Å²) in [7, 11) is 0. The van der Waals surface area contributed by atoms with Gasteiger partial charge in [0.15, 0.2) is 11.6 Å². The maximum atomic E-state index is 13.3. The van der Waals surface area contributed by atoms with Gasteiger partial charge in [-0.2, -0.15) is 0 Å². The van der Waals surface area contributed by atoms with Gasteiger partial charge in [0.2, 0.25) is 5.69 Å². The van der Waals surface area contributed by atoms with Crippen molar-refractivity contribution in [2.45, 2.75) is 6.54 Å². The van der Waals surface area contributed by atoms with Gasteiger partial charge in [-0.1, -0.05) is 42.5 Å². The lowest BCUT2D eigenvalue weighted by Crippen LogP contribution is -2.46. The topological polar surface area (TPSA) is 73.7 Å². The van der Waals surface area contributed by atoms with Crippen molar-refractivity contribution in [1.82, 2.24) is 14.9 Å². The van der Waals surface area contributed by atoms with E-state index < -0.39 is 0 Å². The van der Waals surface area contributed by atoms with E-state index in [0.29, 0.717) is 45.5 Å². The first-order chi connectivity index (χ1) is 16.6. The molecule has 0 radical (unpaired) electrons. The molecule has 1 fully saturated rings. The average molecular weight is 447 g/mol. The van der Waals surface area contributed by atoms with Gasteiger partial charge in [0, 0.05) is 48.6 Å². The number of hydrogen-bond donors (Lipinski definition) is 1. The number of piperazine rings is 1. The van der Waals surface area contributed by atoms with Crippen molar-refractivity contribution in [1.29, 1.82) is 0 Å². The van der Waals surface area contributed by atoms with Crippen LogP contribution in [0.1, 0.15) is 37.7 Å². The van der Waals surface area contributed by atoms with Gasteiger partial charge in [-0.15, -0.1) is 0 Å². The number of nitrogens with one attached hydrogen (secondary N) is 1. The zero-order valence-electron chi connectivity index (χ0n) is 18.4. The molecule has 1 N–H and O–H groups in total. The molecule has 3 aromatic carbocycles. The van der Waals surface area contributed by atoms with E-state index >= 15 is 0 Å². The first-order valence-corrected chi connectivity index (χ1v) is 11.3. The molecule has 4 aromatic rings. The number of ketones is 2. The number of fused-ring (bicyclic) bond motifs is 4.